The van der Waals surface area contributed by atoms with Crippen LogP contribution in [0, 0.1) is 57.7 Å². The summed E-state index contributed by atoms with van der Waals surface area (Å²) in [7, 11) is 0. The largest absolute Gasteiger partial charge is 0.481 e. The van der Waals surface area contributed by atoms with Crippen LogP contribution in [0.5, 0.6) is 0 Å². The highest BCUT2D eigenvalue weighted by molar-refractivity contribution is 5.87. The molecule has 5 aliphatic rings. The Balaban J connectivity index is 1.18. The Labute approximate surface area is 282 Å². The molecule has 0 aromatic carbocycles. The molecule has 5 fully saturated rings. The van der Waals surface area contributed by atoms with Gasteiger partial charge in [-0.15, -0.1) is 0 Å². The topological polar surface area (TPSA) is 156 Å². The van der Waals surface area contributed by atoms with Crippen LogP contribution in [0.3, 0.4) is 0 Å². The minimum Gasteiger partial charge on any atom is -0.481 e. The molecule has 0 radical (unpaired) electrons. The lowest BCUT2D eigenvalue weighted by Crippen LogP contribution is -2.62. The maximum absolute atomic E-state index is 13.3. The van der Waals surface area contributed by atoms with Gasteiger partial charge in [0, 0.05) is 13.0 Å². The summed E-state index contributed by atoms with van der Waals surface area (Å²) in [5.41, 5.74) is -0.702. The van der Waals surface area contributed by atoms with Crippen molar-refractivity contribution in [2.75, 3.05) is 6.54 Å². The van der Waals surface area contributed by atoms with E-state index in [1.807, 2.05) is 13.8 Å². The van der Waals surface area contributed by atoms with Gasteiger partial charge >= 0.3 is 5.97 Å². The van der Waals surface area contributed by atoms with Gasteiger partial charge < -0.3 is 31.1 Å². The van der Waals surface area contributed by atoms with Crippen molar-refractivity contribution in [3.63, 3.8) is 0 Å². The van der Waals surface area contributed by atoms with E-state index < -0.39 is 29.6 Å². The molecular formula is C38H64N2O7. The van der Waals surface area contributed by atoms with E-state index >= 15 is 0 Å². The average Bonchev–Trinajstić information content (AvgIpc) is 3.37. The van der Waals surface area contributed by atoms with Crippen molar-refractivity contribution in [3.05, 3.63) is 0 Å². The van der Waals surface area contributed by atoms with Crippen LogP contribution in [0.15, 0.2) is 0 Å². The number of rotatable bonds is 11. The second kappa shape index (κ2) is 14.3. The molecule has 5 saturated carbocycles. The Morgan fingerprint density at radius 3 is 2.23 bits per heavy atom. The third kappa shape index (κ3) is 7.15. The lowest BCUT2D eigenvalue weighted by molar-refractivity contribution is -0.207. The van der Waals surface area contributed by atoms with Crippen molar-refractivity contribution in [2.45, 2.75) is 155 Å². The Hall–Kier alpha value is -1.71. The van der Waals surface area contributed by atoms with Gasteiger partial charge in [-0.2, -0.15) is 0 Å². The molecule has 0 heterocycles. The van der Waals surface area contributed by atoms with Gasteiger partial charge in [0.2, 0.25) is 11.8 Å². The van der Waals surface area contributed by atoms with Gasteiger partial charge in [-0.25, -0.2) is 0 Å². The lowest BCUT2D eigenvalue weighted by atomic mass is 9.43. The number of carbonyl (C=O) groups is 3. The molecule has 0 aromatic heterocycles. The summed E-state index contributed by atoms with van der Waals surface area (Å²) in [6.07, 6.45) is 10.4. The van der Waals surface area contributed by atoms with E-state index in [9.17, 15) is 34.8 Å². The molecule has 5 aliphatic carbocycles. The van der Waals surface area contributed by atoms with E-state index in [1.165, 1.54) is 0 Å². The summed E-state index contributed by atoms with van der Waals surface area (Å²) in [6, 6.07) is -0.687. The van der Waals surface area contributed by atoms with Crippen molar-refractivity contribution in [1.82, 2.24) is 10.6 Å². The van der Waals surface area contributed by atoms with E-state index in [1.54, 1.807) is 0 Å². The van der Waals surface area contributed by atoms with Crippen LogP contribution in [0.25, 0.3) is 0 Å². The summed E-state index contributed by atoms with van der Waals surface area (Å²) in [5, 5.41) is 49.3. The number of aliphatic carboxylic acids is 1. The predicted octanol–water partition coefficient (Wildman–Crippen LogP) is 5.05. The van der Waals surface area contributed by atoms with E-state index in [-0.39, 0.29) is 70.7 Å². The Bertz CT molecular complexity index is 1140. The zero-order valence-corrected chi connectivity index (χ0v) is 29.7. The molecule has 6 N–H and O–H groups in total. The second-order valence-corrected chi connectivity index (χ2v) is 17.7. The molecule has 5 rings (SSSR count). The lowest BCUT2D eigenvalue weighted by Gasteiger charge is -2.63. The monoisotopic (exact) mass is 660 g/mol. The fraction of sp³-hybridized carbons (Fsp3) is 0.921. The molecule has 9 heteroatoms. The number of hydrogen-bond acceptors (Lipinski definition) is 6. The molecule has 47 heavy (non-hydrogen) atoms. The maximum atomic E-state index is 13.3. The van der Waals surface area contributed by atoms with Crippen LogP contribution in [0.1, 0.15) is 131 Å². The molecule has 0 aromatic rings. The first-order chi connectivity index (χ1) is 22.1. The van der Waals surface area contributed by atoms with Crippen LogP contribution < -0.4 is 10.6 Å². The van der Waals surface area contributed by atoms with Gasteiger partial charge in [-0.3, -0.25) is 14.4 Å². The van der Waals surface area contributed by atoms with Crippen LogP contribution in [-0.2, 0) is 14.4 Å². The molecule has 0 spiro atoms. The van der Waals surface area contributed by atoms with E-state index in [4.69, 9.17) is 0 Å². The predicted molar refractivity (Wildman–Crippen MR) is 180 cm³/mol. The van der Waals surface area contributed by atoms with Crippen LogP contribution >= 0.6 is 0 Å². The molecule has 268 valence electrons. The van der Waals surface area contributed by atoms with Crippen molar-refractivity contribution >= 4 is 17.8 Å². The average molecular weight is 661 g/mol. The molecular weight excluding hydrogens is 596 g/mol. The quantitative estimate of drug-likeness (QED) is 0.181. The van der Waals surface area contributed by atoms with Gasteiger partial charge in [0.1, 0.15) is 6.04 Å². The van der Waals surface area contributed by atoms with Crippen LogP contribution in [0.2, 0.25) is 0 Å². The van der Waals surface area contributed by atoms with Gasteiger partial charge in [0.25, 0.3) is 0 Å². The fourth-order valence-corrected chi connectivity index (χ4v) is 11.9. The highest BCUT2D eigenvalue weighted by atomic mass is 16.4. The molecule has 2 amide bonds. The Morgan fingerprint density at radius 1 is 0.872 bits per heavy atom. The molecule has 8 unspecified atom stereocenters. The third-order valence-corrected chi connectivity index (χ3v) is 14.7. The fourth-order valence-electron chi connectivity index (χ4n) is 11.9. The summed E-state index contributed by atoms with van der Waals surface area (Å²) in [5.74, 6) is 0.0243. The standard InChI is InChI=1S/C38H64N2O7/c1-22(2)34(35(47)39-21-38(20-32(45)46)14-7-6-8-15-38)40-31(44)12-9-23(3)26-10-11-27-33-28(19-30(43)37(26,27)5)36(4)16-13-25(41)17-24(36)18-29(33)42/h22-30,33-34,41-43H,6-21H2,1-5H3,(H,39,47)(H,40,44)(H,45,46)/t23-,24?,25-,26?,27?,28?,29-,30+,33?,34?,36?,37?/m1/s1. The zero-order valence-electron chi connectivity index (χ0n) is 29.7. The van der Waals surface area contributed by atoms with E-state index in [2.05, 4.69) is 31.4 Å². The van der Waals surface area contributed by atoms with Gasteiger partial charge in [-0.05, 0) is 122 Å². The highest BCUT2D eigenvalue weighted by Crippen LogP contribution is 2.68. The first kappa shape index (κ1) is 36.6. The van der Waals surface area contributed by atoms with Crippen molar-refractivity contribution < 1.29 is 34.8 Å². The van der Waals surface area contributed by atoms with Crippen molar-refractivity contribution in [3.8, 4) is 0 Å². The zero-order chi connectivity index (χ0) is 34.3. The minimum absolute atomic E-state index is 0.0414. The maximum Gasteiger partial charge on any atom is 0.303 e. The molecule has 9 nitrogen and oxygen atoms in total. The van der Waals surface area contributed by atoms with Crippen LogP contribution in [0.4, 0.5) is 0 Å². The number of carboxylic acid groups (broad SMARTS) is 1. The Morgan fingerprint density at radius 2 is 1.57 bits per heavy atom. The number of amides is 2. The van der Waals surface area contributed by atoms with Gasteiger partial charge in [0.15, 0.2) is 0 Å². The number of aliphatic hydroxyl groups is 3. The van der Waals surface area contributed by atoms with Crippen molar-refractivity contribution in [1.29, 1.82) is 0 Å². The van der Waals surface area contributed by atoms with Crippen LogP contribution in [-0.4, -0.2) is 69.1 Å². The first-order valence-electron chi connectivity index (χ1n) is 18.9. The number of fused-ring (bicyclic) bond motifs is 5. The molecule has 0 saturated heterocycles. The smallest absolute Gasteiger partial charge is 0.303 e. The summed E-state index contributed by atoms with van der Waals surface area (Å²) in [4.78, 5) is 38.2. The number of nitrogens with one attached hydrogen (secondary N) is 2. The van der Waals surface area contributed by atoms with Crippen molar-refractivity contribution in [2.24, 2.45) is 57.7 Å². The number of carbonyl (C=O) groups excluding carboxylic acids is 2. The first-order valence-corrected chi connectivity index (χ1v) is 18.9. The number of aliphatic hydroxyl groups excluding tert-OH is 3. The minimum atomic E-state index is -0.838. The molecule has 12 atom stereocenters. The summed E-state index contributed by atoms with van der Waals surface area (Å²) in [6.45, 7) is 10.9. The van der Waals surface area contributed by atoms with Gasteiger partial charge in [-0.1, -0.05) is 53.9 Å². The summed E-state index contributed by atoms with van der Waals surface area (Å²) < 4.78 is 0. The molecule has 0 aliphatic heterocycles. The Kier molecular flexibility index (Phi) is 11.1. The SMILES string of the molecule is CC(C)C(NC(=O)CC[C@@H](C)C1CCC2C3C(C[C@H](O)C21C)C1(C)CC[C@@H](O)CC1C[C@H]3O)C(=O)NCC1(CC(=O)O)CCCCC1. The van der Waals surface area contributed by atoms with E-state index in [0.29, 0.717) is 31.7 Å². The second-order valence-electron chi connectivity index (χ2n) is 17.7. The number of hydrogen-bond donors (Lipinski definition) is 6. The third-order valence-electron chi connectivity index (χ3n) is 14.7. The van der Waals surface area contributed by atoms with E-state index in [0.717, 1.165) is 70.6 Å². The summed E-state index contributed by atoms with van der Waals surface area (Å²) >= 11 is 0. The normalized spacial score (nSPS) is 40.8. The number of carboxylic acids is 1. The molecule has 0 bridgehead atoms. The highest BCUT2D eigenvalue weighted by Gasteiger charge is 2.65. The van der Waals surface area contributed by atoms with Gasteiger partial charge in [0.05, 0.1) is 24.7 Å².